The Morgan fingerprint density at radius 2 is 1.79 bits per heavy atom. The van der Waals surface area contributed by atoms with Gasteiger partial charge in [-0.3, -0.25) is 0 Å². The number of benzene rings is 2. The number of methoxy groups -OCH3 is 1. The molecule has 0 unspecified atom stereocenters. The van der Waals surface area contributed by atoms with E-state index < -0.39 is 0 Å². The standard InChI is InChI=1S/C24H27N3O2/c1-17-4-6-19(7-5-17)12-13-26-15-20-8-10-22(23(14-20)28-3)29-24-11-9-21(16-27-24)18(2)25/h4-11,14,16,26H,2,12-13,15,25H2,1,3H3. The van der Waals surface area contributed by atoms with Gasteiger partial charge in [-0.1, -0.05) is 42.5 Å². The molecular formula is C24H27N3O2. The highest BCUT2D eigenvalue weighted by molar-refractivity contribution is 5.59. The highest BCUT2D eigenvalue weighted by Crippen LogP contribution is 2.31. The molecule has 5 nitrogen and oxygen atoms in total. The topological polar surface area (TPSA) is 69.4 Å². The third-order valence-corrected chi connectivity index (χ3v) is 4.59. The first-order valence-electron chi connectivity index (χ1n) is 9.57. The van der Waals surface area contributed by atoms with E-state index in [-0.39, 0.29) is 0 Å². The first-order valence-corrected chi connectivity index (χ1v) is 9.57. The summed E-state index contributed by atoms with van der Waals surface area (Å²) in [5.41, 5.74) is 10.7. The number of hydrogen-bond acceptors (Lipinski definition) is 5. The molecule has 1 heterocycles. The van der Waals surface area contributed by atoms with Crippen molar-refractivity contribution >= 4 is 5.70 Å². The molecule has 5 heteroatoms. The summed E-state index contributed by atoms with van der Waals surface area (Å²) >= 11 is 0. The van der Waals surface area contributed by atoms with Crippen LogP contribution in [0, 0.1) is 6.92 Å². The van der Waals surface area contributed by atoms with Crippen LogP contribution in [0.3, 0.4) is 0 Å². The fourth-order valence-corrected chi connectivity index (χ4v) is 2.87. The summed E-state index contributed by atoms with van der Waals surface area (Å²) in [6.07, 6.45) is 2.63. The quantitative estimate of drug-likeness (QED) is 0.529. The van der Waals surface area contributed by atoms with Gasteiger partial charge in [-0.25, -0.2) is 4.98 Å². The van der Waals surface area contributed by atoms with Crippen molar-refractivity contribution < 1.29 is 9.47 Å². The van der Waals surface area contributed by atoms with E-state index in [0.29, 0.717) is 23.1 Å². The van der Waals surface area contributed by atoms with Crippen molar-refractivity contribution in [2.75, 3.05) is 13.7 Å². The van der Waals surface area contributed by atoms with Gasteiger partial charge in [0.05, 0.1) is 7.11 Å². The van der Waals surface area contributed by atoms with Gasteiger partial charge in [-0.15, -0.1) is 0 Å². The smallest absolute Gasteiger partial charge is 0.219 e. The molecule has 0 spiro atoms. The molecule has 0 aliphatic heterocycles. The Kier molecular flexibility index (Phi) is 6.87. The summed E-state index contributed by atoms with van der Waals surface area (Å²) in [6, 6.07) is 18.1. The lowest BCUT2D eigenvalue weighted by molar-refractivity contribution is 0.373. The van der Waals surface area contributed by atoms with Crippen LogP contribution in [0.4, 0.5) is 0 Å². The summed E-state index contributed by atoms with van der Waals surface area (Å²) in [5.74, 6) is 1.75. The molecule has 3 rings (SSSR count). The van der Waals surface area contributed by atoms with Crippen LogP contribution in [0.5, 0.6) is 17.4 Å². The minimum atomic E-state index is 0.470. The van der Waals surface area contributed by atoms with Gasteiger partial charge in [0.15, 0.2) is 11.5 Å². The average molecular weight is 389 g/mol. The number of aryl methyl sites for hydroxylation is 1. The van der Waals surface area contributed by atoms with Gasteiger partial charge in [-0.2, -0.15) is 0 Å². The molecule has 0 amide bonds. The molecule has 2 aromatic carbocycles. The third kappa shape index (κ3) is 5.83. The summed E-state index contributed by atoms with van der Waals surface area (Å²) < 4.78 is 11.3. The second-order valence-corrected chi connectivity index (χ2v) is 6.91. The predicted octanol–water partition coefficient (Wildman–Crippen LogP) is 4.45. The lowest BCUT2D eigenvalue weighted by atomic mass is 10.1. The van der Waals surface area contributed by atoms with Crippen LogP contribution in [-0.2, 0) is 13.0 Å². The average Bonchev–Trinajstić information content (AvgIpc) is 2.73. The van der Waals surface area contributed by atoms with Crippen molar-refractivity contribution in [3.05, 3.63) is 89.6 Å². The number of hydrogen-bond donors (Lipinski definition) is 2. The molecule has 0 radical (unpaired) electrons. The zero-order valence-electron chi connectivity index (χ0n) is 16.9. The Balaban J connectivity index is 1.56. The monoisotopic (exact) mass is 389 g/mol. The molecular weight excluding hydrogens is 362 g/mol. The number of ether oxygens (including phenoxy) is 2. The molecule has 1 aromatic heterocycles. The number of rotatable bonds is 9. The summed E-state index contributed by atoms with van der Waals surface area (Å²) in [7, 11) is 1.63. The van der Waals surface area contributed by atoms with Crippen molar-refractivity contribution in [2.24, 2.45) is 5.73 Å². The SMILES string of the molecule is C=C(N)c1ccc(Oc2ccc(CNCCc3ccc(C)cc3)cc2OC)nc1. The van der Waals surface area contributed by atoms with Gasteiger partial charge in [0.1, 0.15) is 0 Å². The van der Waals surface area contributed by atoms with E-state index in [2.05, 4.69) is 48.1 Å². The zero-order chi connectivity index (χ0) is 20.6. The minimum absolute atomic E-state index is 0.470. The van der Waals surface area contributed by atoms with Crippen LogP contribution < -0.4 is 20.5 Å². The van der Waals surface area contributed by atoms with Crippen molar-refractivity contribution in [1.82, 2.24) is 10.3 Å². The second-order valence-electron chi connectivity index (χ2n) is 6.91. The molecule has 0 aliphatic rings. The van der Waals surface area contributed by atoms with E-state index in [1.165, 1.54) is 11.1 Å². The van der Waals surface area contributed by atoms with Gasteiger partial charge in [0, 0.05) is 30.1 Å². The van der Waals surface area contributed by atoms with Crippen LogP contribution in [0.1, 0.15) is 22.3 Å². The minimum Gasteiger partial charge on any atom is -0.493 e. The van der Waals surface area contributed by atoms with E-state index >= 15 is 0 Å². The largest absolute Gasteiger partial charge is 0.493 e. The highest BCUT2D eigenvalue weighted by atomic mass is 16.5. The summed E-state index contributed by atoms with van der Waals surface area (Å²) in [6.45, 7) is 7.47. The lowest BCUT2D eigenvalue weighted by Gasteiger charge is -2.12. The van der Waals surface area contributed by atoms with Crippen molar-refractivity contribution in [3.63, 3.8) is 0 Å². The van der Waals surface area contributed by atoms with Crippen LogP contribution in [0.25, 0.3) is 5.70 Å². The number of aromatic nitrogens is 1. The molecule has 0 saturated heterocycles. The molecule has 3 aromatic rings. The van der Waals surface area contributed by atoms with Crippen molar-refractivity contribution in [3.8, 4) is 17.4 Å². The lowest BCUT2D eigenvalue weighted by Crippen LogP contribution is -2.16. The van der Waals surface area contributed by atoms with E-state index in [1.54, 1.807) is 19.4 Å². The molecule has 150 valence electrons. The van der Waals surface area contributed by atoms with Crippen molar-refractivity contribution in [2.45, 2.75) is 19.9 Å². The Bertz CT molecular complexity index is 951. The number of nitrogens with two attached hydrogens (primary N) is 1. The Labute approximate surface area is 172 Å². The van der Waals surface area contributed by atoms with E-state index in [0.717, 1.165) is 30.6 Å². The number of pyridine rings is 1. The normalized spacial score (nSPS) is 10.6. The van der Waals surface area contributed by atoms with Gasteiger partial charge >= 0.3 is 0 Å². The second kappa shape index (κ2) is 9.75. The number of nitrogens with zero attached hydrogens (tertiary/aromatic N) is 1. The molecule has 0 atom stereocenters. The maximum Gasteiger partial charge on any atom is 0.219 e. The van der Waals surface area contributed by atoms with Gasteiger partial charge < -0.3 is 20.5 Å². The van der Waals surface area contributed by atoms with Crippen molar-refractivity contribution in [1.29, 1.82) is 0 Å². The fourth-order valence-electron chi connectivity index (χ4n) is 2.87. The van der Waals surface area contributed by atoms with Crippen LogP contribution in [-0.4, -0.2) is 18.6 Å². The van der Waals surface area contributed by atoms with E-state index in [4.69, 9.17) is 15.2 Å². The maximum atomic E-state index is 5.86. The van der Waals surface area contributed by atoms with Crippen LogP contribution >= 0.6 is 0 Å². The first-order chi connectivity index (χ1) is 14.0. The fraction of sp³-hybridized carbons (Fsp3) is 0.208. The molecule has 3 N–H and O–H groups in total. The maximum absolute atomic E-state index is 5.86. The number of nitrogens with one attached hydrogen (secondary N) is 1. The Morgan fingerprint density at radius 1 is 1.03 bits per heavy atom. The summed E-state index contributed by atoms with van der Waals surface area (Å²) in [4.78, 5) is 4.26. The highest BCUT2D eigenvalue weighted by Gasteiger charge is 2.08. The van der Waals surface area contributed by atoms with Gasteiger partial charge in [0.25, 0.3) is 0 Å². The molecule has 0 fully saturated rings. The molecule has 0 bridgehead atoms. The van der Waals surface area contributed by atoms with Crippen LogP contribution in [0.2, 0.25) is 0 Å². The molecule has 0 aliphatic carbocycles. The molecule has 29 heavy (non-hydrogen) atoms. The summed E-state index contributed by atoms with van der Waals surface area (Å²) in [5, 5.41) is 3.47. The molecule has 0 saturated carbocycles. The first kappa shape index (κ1) is 20.4. The van der Waals surface area contributed by atoms with E-state index in [9.17, 15) is 0 Å². The zero-order valence-corrected chi connectivity index (χ0v) is 16.9. The Morgan fingerprint density at radius 3 is 2.45 bits per heavy atom. The van der Waals surface area contributed by atoms with Gasteiger partial charge in [0.2, 0.25) is 5.88 Å². The third-order valence-electron chi connectivity index (χ3n) is 4.59. The van der Waals surface area contributed by atoms with Crippen LogP contribution in [0.15, 0.2) is 67.4 Å². The predicted molar refractivity (Wildman–Crippen MR) is 117 cm³/mol. The Hall–Kier alpha value is -3.31. The van der Waals surface area contributed by atoms with Gasteiger partial charge in [-0.05, 0) is 49.2 Å². The van der Waals surface area contributed by atoms with E-state index in [1.807, 2.05) is 24.3 Å².